The lowest BCUT2D eigenvalue weighted by Gasteiger charge is -2.24. The van der Waals surface area contributed by atoms with Crippen molar-refractivity contribution in [3.8, 4) is 11.3 Å². The number of fused-ring (bicyclic) bond motifs is 2. The summed E-state index contributed by atoms with van der Waals surface area (Å²) in [6.07, 6.45) is 0. The summed E-state index contributed by atoms with van der Waals surface area (Å²) in [6, 6.07) is 34.5. The van der Waals surface area contributed by atoms with E-state index in [-0.39, 0.29) is 24.3 Å². The maximum atomic E-state index is 13.9. The van der Waals surface area contributed by atoms with Gasteiger partial charge in [0.2, 0.25) is 0 Å². The van der Waals surface area contributed by atoms with Crippen molar-refractivity contribution in [1.82, 2.24) is 15.2 Å². The third-order valence-corrected chi connectivity index (χ3v) is 6.78. The third-order valence-electron chi connectivity index (χ3n) is 6.78. The lowest BCUT2D eigenvalue weighted by Crippen LogP contribution is -2.40. The first kappa shape index (κ1) is 23.3. The van der Waals surface area contributed by atoms with E-state index in [2.05, 4.69) is 5.32 Å². The van der Waals surface area contributed by atoms with Gasteiger partial charge < -0.3 is 5.32 Å². The number of carbonyl (C=O) groups excluding carboxylic acids is 3. The summed E-state index contributed by atoms with van der Waals surface area (Å²) in [7, 11) is 0. The average Bonchev–Trinajstić information content (AvgIpc) is 3.22. The average molecular weight is 498 g/mol. The smallest absolute Gasteiger partial charge is 0.261 e. The fourth-order valence-corrected chi connectivity index (χ4v) is 4.86. The van der Waals surface area contributed by atoms with Crippen LogP contribution in [0.1, 0.15) is 42.7 Å². The molecule has 0 bridgehead atoms. The van der Waals surface area contributed by atoms with Gasteiger partial charge in [-0.1, -0.05) is 91.0 Å². The van der Waals surface area contributed by atoms with Gasteiger partial charge in [-0.15, -0.1) is 0 Å². The molecule has 1 N–H and O–H groups in total. The molecule has 4 aromatic carbocycles. The van der Waals surface area contributed by atoms with Gasteiger partial charge in [0.1, 0.15) is 0 Å². The van der Waals surface area contributed by atoms with Crippen LogP contribution >= 0.6 is 0 Å². The molecule has 1 aliphatic rings. The Morgan fingerprint density at radius 2 is 1.32 bits per heavy atom. The van der Waals surface area contributed by atoms with Crippen molar-refractivity contribution in [1.29, 1.82) is 0 Å². The van der Waals surface area contributed by atoms with Crippen LogP contribution in [0.4, 0.5) is 0 Å². The lowest BCUT2D eigenvalue weighted by molar-refractivity contribution is 0.0629. The van der Waals surface area contributed by atoms with Crippen molar-refractivity contribution in [3.63, 3.8) is 0 Å². The van der Waals surface area contributed by atoms with Gasteiger partial charge in [0.05, 0.1) is 40.5 Å². The fourth-order valence-electron chi connectivity index (χ4n) is 4.86. The van der Waals surface area contributed by atoms with Crippen LogP contribution in [0.2, 0.25) is 0 Å². The Morgan fingerprint density at radius 1 is 0.737 bits per heavy atom. The molecule has 1 aromatic heterocycles. The molecule has 6 rings (SSSR count). The zero-order chi connectivity index (χ0) is 26.1. The first-order valence-electron chi connectivity index (χ1n) is 12.4. The first-order chi connectivity index (χ1) is 18.6. The second-order valence-electron chi connectivity index (χ2n) is 9.14. The summed E-state index contributed by atoms with van der Waals surface area (Å²) in [4.78, 5) is 46.0. The molecule has 6 heteroatoms. The monoisotopic (exact) mass is 497 g/mol. The molecule has 0 saturated heterocycles. The molecule has 2 heterocycles. The van der Waals surface area contributed by atoms with E-state index in [0.717, 1.165) is 16.5 Å². The molecule has 1 aliphatic heterocycles. The number of para-hydroxylation sites is 1. The molecule has 6 nitrogen and oxygen atoms in total. The molecule has 0 spiro atoms. The highest BCUT2D eigenvalue weighted by Gasteiger charge is 2.37. The Bertz CT molecular complexity index is 1650. The normalized spacial score (nSPS) is 13.4. The van der Waals surface area contributed by atoms with Gasteiger partial charge in [0.15, 0.2) is 0 Å². The van der Waals surface area contributed by atoms with Crippen LogP contribution in [0.3, 0.4) is 0 Å². The SMILES string of the molecule is O=C(N[C@@H](CN1C(=O)c2ccccc2C1=O)c1ccccc1)c1cc(-c2ccccc2)nc2ccccc12. The molecule has 0 aliphatic carbocycles. The zero-order valence-corrected chi connectivity index (χ0v) is 20.4. The number of carbonyl (C=O) groups is 3. The predicted molar refractivity (Wildman–Crippen MR) is 146 cm³/mol. The topological polar surface area (TPSA) is 79.4 Å². The van der Waals surface area contributed by atoms with Crippen molar-refractivity contribution >= 4 is 28.6 Å². The highest BCUT2D eigenvalue weighted by molar-refractivity contribution is 6.21. The van der Waals surface area contributed by atoms with E-state index in [0.29, 0.717) is 27.9 Å². The predicted octanol–water partition coefficient (Wildman–Crippen LogP) is 5.67. The number of pyridine rings is 1. The Balaban J connectivity index is 1.37. The molecular weight excluding hydrogens is 474 g/mol. The van der Waals surface area contributed by atoms with Crippen LogP contribution in [-0.2, 0) is 0 Å². The Kier molecular flexibility index (Phi) is 5.98. The number of hydrogen-bond acceptors (Lipinski definition) is 4. The number of imide groups is 1. The number of nitrogens with zero attached hydrogens (tertiary/aromatic N) is 2. The van der Waals surface area contributed by atoms with E-state index in [1.54, 1.807) is 30.3 Å². The summed E-state index contributed by atoms with van der Waals surface area (Å²) < 4.78 is 0. The molecule has 5 aromatic rings. The van der Waals surface area contributed by atoms with Gasteiger partial charge in [-0.25, -0.2) is 4.98 Å². The van der Waals surface area contributed by atoms with Crippen LogP contribution in [0.5, 0.6) is 0 Å². The summed E-state index contributed by atoms with van der Waals surface area (Å²) in [6.45, 7) is 0.0106. The summed E-state index contributed by atoms with van der Waals surface area (Å²) in [5.41, 5.74) is 4.31. The molecule has 0 radical (unpaired) electrons. The largest absolute Gasteiger partial charge is 0.343 e. The maximum Gasteiger partial charge on any atom is 0.261 e. The van der Waals surface area contributed by atoms with Crippen LogP contribution < -0.4 is 5.32 Å². The minimum absolute atomic E-state index is 0.0106. The third kappa shape index (κ3) is 4.22. The van der Waals surface area contributed by atoms with Gasteiger partial charge in [-0.3, -0.25) is 19.3 Å². The fraction of sp³-hybridized carbons (Fsp3) is 0.0625. The molecular formula is C32H23N3O3. The Morgan fingerprint density at radius 3 is 2.00 bits per heavy atom. The van der Waals surface area contributed by atoms with Gasteiger partial charge in [0, 0.05) is 10.9 Å². The standard InChI is InChI=1S/C32H23N3O3/c36-30(26-19-28(21-11-3-1-4-12-21)33-27-18-10-9-15-23(26)27)34-29(22-13-5-2-6-14-22)20-35-31(37)24-16-7-8-17-25(24)32(35)38/h1-19,29H,20H2,(H,34,36)/t29-/m0/s1. The number of nitrogens with one attached hydrogen (secondary N) is 1. The number of rotatable bonds is 6. The summed E-state index contributed by atoms with van der Waals surface area (Å²) >= 11 is 0. The van der Waals surface area contributed by atoms with Gasteiger partial charge >= 0.3 is 0 Å². The zero-order valence-electron chi connectivity index (χ0n) is 20.4. The lowest BCUT2D eigenvalue weighted by atomic mass is 10.0. The van der Waals surface area contributed by atoms with E-state index in [1.807, 2.05) is 84.9 Å². The number of benzene rings is 4. The quantitative estimate of drug-likeness (QED) is 0.307. The Hall–Kier alpha value is -5.10. The highest BCUT2D eigenvalue weighted by Crippen LogP contribution is 2.28. The van der Waals surface area contributed by atoms with E-state index in [4.69, 9.17) is 4.98 Å². The highest BCUT2D eigenvalue weighted by atomic mass is 16.2. The van der Waals surface area contributed by atoms with Crippen LogP contribution in [0, 0.1) is 0 Å². The van der Waals surface area contributed by atoms with Crippen molar-refractivity contribution in [3.05, 3.63) is 138 Å². The van der Waals surface area contributed by atoms with Crippen molar-refractivity contribution < 1.29 is 14.4 Å². The van der Waals surface area contributed by atoms with Crippen LogP contribution in [0.25, 0.3) is 22.2 Å². The van der Waals surface area contributed by atoms with Crippen molar-refractivity contribution in [2.75, 3.05) is 6.54 Å². The second kappa shape index (κ2) is 9.75. The molecule has 184 valence electrons. The van der Waals surface area contributed by atoms with Gasteiger partial charge in [-0.2, -0.15) is 0 Å². The van der Waals surface area contributed by atoms with Crippen molar-refractivity contribution in [2.45, 2.75) is 6.04 Å². The molecule has 0 unspecified atom stereocenters. The second-order valence-corrected chi connectivity index (χ2v) is 9.14. The van der Waals surface area contributed by atoms with E-state index in [9.17, 15) is 14.4 Å². The number of hydrogen-bond donors (Lipinski definition) is 1. The molecule has 3 amide bonds. The van der Waals surface area contributed by atoms with Gasteiger partial charge in [-0.05, 0) is 29.8 Å². The minimum atomic E-state index is -0.613. The van der Waals surface area contributed by atoms with E-state index in [1.165, 1.54) is 4.90 Å². The molecule has 0 saturated carbocycles. The molecule has 0 fully saturated rings. The maximum absolute atomic E-state index is 13.9. The van der Waals surface area contributed by atoms with Crippen LogP contribution in [-0.4, -0.2) is 34.2 Å². The van der Waals surface area contributed by atoms with Crippen LogP contribution in [0.15, 0.2) is 115 Å². The molecule has 38 heavy (non-hydrogen) atoms. The minimum Gasteiger partial charge on any atom is -0.343 e. The Labute approximate surface area is 219 Å². The van der Waals surface area contributed by atoms with E-state index >= 15 is 0 Å². The first-order valence-corrected chi connectivity index (χ1v) is 12.4. The van der Waals surface area contributed by atoms with Crippen molar-refractivity contribution in [2.24, 2.45) is 0 Å². The summed E-state index contributed by atoms with van der Waals surface area (Å²) in [5, 5.41) is 3.82. The summed E-state index contributed by atoms with van der Waals surface area (Å²) in [5.74, 6) is -1.03. The van der Waals surface area contributed by atoms with E-state index < -0.39 is 6.04 Å². The number of amides is 3. The molecule has 1 atom stereocenters. The number of aromatic nitrogens is 1. The van der Waals surface area contributed by atoms with Gasteiger partial charge in [0.25, 0.3) is 17.7 Å².